The van der Waals surface area contributed by atoms with Gasteiger partial charge in [0.25, 0.3) is 0 Å². The number of nitrogens with zero attached hydrogens (tertiary/aromatic N) is 2. The first kappa shape index (κ1) is 20.7. The van der Waals surface area contributed by atoms with Crippen molar-refractivity contribution < 1.29 is 19.1 Å². The molecule has 152 valence electrons. The number of benzene rings is 1. The molecule has 1 heterocycles. The summed E-state index contributed by atoms with van der Waals surface area (Å²) in [6, 6.07) is 5.42. The Kier molecular flexibility index (Phi) is 7.39. The molecular weight excluding hydrogens is 376 g/mol. The van der Waals surface area contributed by atoms with Crippen molar-refractivity contribution in [3.05, 3.63) is 28.6 Å². The van der Waals surface area contributed by atoms with Crippen molar-refractivity contribution >= 4 is 33.4 Å². The van der Waals surface area contributed by atoms with E-state index < -0.39 is 0 Å². The molecule has 0 aliphatic heterocycles. The minimum atomic E-state index is -0.372. The van der Waals surface area contributed by atoms with Crippen LogP contribution in [0.1, 0.15) is 55.8 Å². The van der Waals surface area contributed by atoms with Crippen LogP contribution in [-0.2, 0) is 20.8 Å². The van der Waals surface area contributed by atoms with Gasteiger partial charge in [-0.05, 0) is 43.9 Å². The van der Waals surface area contributed by atoms with Crippen LogP contribution in [0.25, 0.3) is 10.2 Å². The van der Waals surface area contributed by atoms with Crippen LogP contribution in [-0.4, -0.2) is 36.8 Å². The van der Waals surface area contributed by atoms with E-state index in [2.05, 4.69) is 4.99 Å². The van der Waals surface area contributed by atoms with Crippen LogP contribution < -0.4 is 4.80 Å². The van der Waals surface area contributed by atoms with Crippen LogP contribution >= 0.6 is 11.3 Å². The van der Waals surface area contributed by atoms with E-state index >= 15 is 0 Å². The van der Waals surface area contributed by atoms with Gasteiger partial charge in [0.1, 0.15) is 0 Å². The average Bonchev–Trinajstić information content (AvgIpc) is 3.04. The molecule has 0 unspecified atom stereocenters. The summed E-state index contributed by atoms with van der Waals surface area (Å²) >= 11 is 1.43. The first-order valence-corrected chi connectivity index (χ1v) is 10.8. The van der Waals surface area contributed by atoms with Gasteiger partial charge in [-0.1, -0.05) is 30.6 Å². The third-order valence-corrected chi connectivity index (χ3v) is 6.22. The number of hydrogen-bond donors (Lipinski definition) is 0. The fourth-order valence-corrected chi connectivity index (χ4v) is 4.82. The first-order valence-electron chi connectivity index (χ1n) is 9.99. The normalized spacial score (nSPS) is 15.9. The van der Waals surface area contributed by atoms with Gasteiger partial charge in [-0.15, -0.1) is 0 Å². The van der Waals surface area contributed by atoms with E-state index in [0.717, 1.165) is 23.1 Å². The van der Waals surface area contributed by atoms with Gasteiger partial charge in [0.2, 0.25) is 5.91 Å². The van der Waals surface area contributed by atoms with E-state index in [-0.39, 0.29) is 11.9 Å². The molecule has 0 saturated heterocycles. The minimum absolute atomic E-state index is 0.0585. The number of hydrogen-bond acceptors (Lipinski definition) is 5. The quantitative estimate of drug-likeness (QED) is 0.518. The van der Waals surface area contributed by atoms with E-state index in [1.54, 1.807) is 12.1 Å². The Bertz CT molecular complexity index is 893. The first-order chi connectivity index (χ1) is 13.6. The highest BCUT2D eigenvalue weighted by Crippen LogP contribution is 2.26. The van der Waals surface area contributed by atoms with Crippen LogP contribution in [0.15, 0.2) is 23.2 Å². The molecule has 28 heavy (non-hydrogen) atoms. The minimum Gasteiger partial charge on any atom is -0.465 e. The van der Waals surface area contributed by atoms with E-state index in [0.29, 0.717) is 42.5 Å². The molecule has 0 radical (unpaired) electrons. The lowest BCUT2D eigenvalue weighted by Crippen LogP contribution is -2.20. The van der Waals surface area contributed by atoms with Gasteiger partial charge < -0.3 is 14.0 Å². The van der Waals surface area contributed by atoms with Gasteiger partial charge in [0.05, 0.1) is 29.5 Å². The second-order valence-corrected chi connectivity index (χ2v) is 8.13. The lowest BCUT2D eigenvalue weighted by molar-refractivity contribution is -0.119. The zero-order valence-electron chi connectivity index (χ0n) is 16.6. The van der Waals surface area contributed by atoms with Crippen LogP contribution in [0.2, 0.25) is 0 Å². The fraction of sp³-hybridized carbons (Fsp3) is 0.571. The van der Waals surface area contributed by atoms with Crippen molar-refractivity contribution in [1.29, 1.82) is 0 Å². The smallest absolute Gasteiger partial charge is 0.337 e. The summed E-state index contributed by atoms with van der Waals surface area (Å²) in [5.74, 6) is 0.0296. The Balaban J connectivity index is 1.92. The predicted octanol–water partition coefficient (Wildman–Crippen LogP) is 3.92. The van der Waals surface area contributed by atoms with Crippen molar-refractivity contribution in [1.82, 2.24) is 4.57 Å². The molecule has 3 rings (SSSR count). The van der Waals surface area contributed by atoms with E-state index in [4.69, 9.17) is 9.47 Å². The maximum absolute atomic E-state index is 12.6. The Morgan fingerprint density at radius 1 is 1.25 bits per heavy atom. The lowest BCUT2D eigenvalue weighted by atomic mass is 9.87. The maximum atomic E-state index is 12.6. The summed E-state index contributed by atoms with van der Waals surface area (Å²) in [7, 11) is 1.37. The zero-order chi connectivity index (χ0) is 19.9. The van der Waals surface area contributed by atoms with E-state index in [9.17, 15) is 9.59 Å². The number of fused-ring (bicyclic) bond motifs is 1. The molecule has 0 spiro atoms. The number of esters is 1. The van der Waals surface area contributed by atoms with Gasteiger partial charge >= 0.3 is 5.97 Å². The SMILES string of the molecule is CCOCCn1c(=NC(=O)CC2CCCCC2)sc2cc(C(=O)OC)ccc21. The van der Waals surface area contributed by atoms with Gasteiger partial charge in [0.15, 0.2) is 4.80 Å². The molecule has 1 aromatic carbocycles. The summed E-state index contributed by atoms with van der Waals surface area (Å²) in [4.78, 5) is 29.5. The van der Waals surface area contributed by atoms with Crippen molar-refractivity contribution in [2.24, 2.45) is 10.9 Å². The third kappa shape index (κ3) is 5.08. The fourth-order valence-electron chi connectivity index (χ4n) is 3.71. The number of amides is 1. The molecule has 7 heteroatoms. The number of rotatable bonds is 7. The Morgan fingerprint density at radius 3 is 2.75 bits per heavy atom. The molecule has 0 bridgehead atoms. The van der Waals surface area contributed by atoms with Crippen molar-refractivity contribution in [3.63, 3.8) is 0 Å². The number of carbonyl (C=O) groups excluding carboxylic acids is 2. The molecule has 1 aliphatic rings. The highest BCUT2D eigenvalue weighted by atomic mass is 32.1. The van der Waals surface area contributed by atoms with Crippen LogP contribution in [0.4, 0.5) is 0 Å². The standard InChI is InChI=1S/C21H28N2O4S/c1-3-27-12-11-23-17-10-9-16(20(25)26-2)14-18(17)28-21(23)22-19(24)13-15-7-5-4-6-8-15/h9-10,14-15H,3-8,11-13H2,1-2H3. The Morgan fingerprint density at radius 2 is 2.04 bits per heavy atom. The van der Waals surface area contributed by atoms with E-state index in [1.165, 1.54) is 37.7 Å². The Hall–Kier alpha value is -1.99. The third-order valence-electron chi connectivity index (χ3n) is 5.18. The molecule has 1 aliphatic carbocycles. The number of ether oxygens (including phenoxy) is 2. The summed E-state index contributed by atoms with van der Waals surface area (Å²) in [5, 5.41) is 0. The molecule has 1 amide bonds. The second-order valence-electron chi connectivity index (χ2n) is 7.12. The highest BCUT2D eigenvalue weighted by molar-refractivity contribution is 7.16. The van der Waals surface area contributed by atoms with Crippen molar-refractivity contribution in [2.45, 2.75) is 52.0 Å². The zero-order valence-corrected chi connectivity index (χ0v) is 17.4. The molecule has 6 nitrogen and oxygen atoms in total. The number of thiazole rings is 1. The van der Waals surface area contributed by atoms with Gasteiger partial charge in [-0.3, -0.25) is 4.79 Å². The Labute approximate surface area is 169 Å². The summed E-state index contributed by atoms with van der Waals surface area (Å²) in [6.45, 7) is 3.76. The van der Waals surface area contributed by atoms with Gasteiger partial charge in [-0.25, -0.2) is 4.79 Å². The number of methoxy groups -OCH3 is 1. The number of carbonyl (C=O) groups is 2. The second kappa shape index (κ2) is 9.98. The monoisotopic (exact) mass is 404 g/mol. The summed E-state index contributed by atoms with van der Waals surface area (Å²) in [5.41, 5.74) is 1.44. The maximum Gasteiger partial charge on any atom is 0.337 e. The molecule has 1 aromatic heterocycles. The largest absolute Gasteiger partial charge is 0.465 e. The molecule has 0 N–H and O–H groups in total. The molecule has 1 saturated carbocycles. The summed E-state index contributed by atoms with van der Waals surface area (Å²) < 4.78 is 13.2. The van der Waals surface area contributed by atoms with Crippen LogP contribution in [0.5, 0.6) is 0 Å². The molecular formula is C21H28N2O4S. The van der Waals surface area contributed by atoms with E-state index in [1.807, 2.05) is 17.6 Å². The topological polar surface area (TPSA) is 69.9 Å². The molecule has 2 aromatic rings. The van der Waals surface area contributed by atoms with Crippen LogP contribution in [0, 0.1) is 5.92 Å². The highest BCUT2D eigenvalue weighted by Gasteiger charge is 2.17. The molecule has 1 fully saturated rings. The lowest BCUT2D eigenvalue weighted by Gasteiger charge is -2.19. The predicted molar refractivity (Wildman–Crippen MR) is 109 cm³/mol. The van der Waals surface area contributed by atoms with Gasteiger partial charge in [-0.2, -0.15) is 4.99 Å². The molecule has 0 atom stereocenters. The van der Waals surface area contributed by atoms with Crippen LogP contribution in [0.3, 0.4) is 0 Å². The van der Waals surface area contributed by atoms with Gasteiger partial charge in [0, 0.05) is 19.6 Å². The van der Waals surface area contributed by atoms with Crippen molar-refractivity contribution in [2.75, 3.05) is 20.3 Å². The van der Waals surface area contributed by atoms with Crippen molar-refractivity contribution in [3.8, 4) is 0 Å². The average molecular weight is 405 g/mol. The number of aromatic nitrogens is 1. The summed E-state index contributed by atoms with van der Waals surface area (Å²) in [6.07, 6.45) is 6.48.